The second kappa shape index (κ2) is 13.9. The number of carbonyl (C=O) groups is 4. The molecule has 2 rings (SSSR count). The highest BCUT2D eigenvalue weighted by Gasteiger charge is 2.31. The van der Waals surface area contributed by atoms with E-state index in [0.29, 0.717) is 45.3 Å². The minimum Gasteiger partial charge on any atom is -0.446 e. The summed E-state index contributed by atoms with van der Waals surface area (Å²) in [4.78, 5) is 50.9. The molecule has 0 bridgehead atoms. The number of alkyl carbamates (subject to hydrolysis) is 1. The standard InChI is InChI=1S/C26H37NO6/c1-4-8-23(28)25(30)20(16-19-9-6-5-7-10-19)17-24(29)22(15-18(2)3)27-26(31)33-21-11-13-32-14-12-21/h5-7,9-10,18,20-22H,4,8,11-17H2,1-3H3,(H,27,31)/t20-,22+/m1/s1. The zero-order valence-electron chi connectivity index (χ0n) is 20.0. The fraction of sp³-hybridized carbons (Fsp3) is 0.615. The number of amides is 1. The molecule has 1 saturated heterocycles. The first kappa shape index (κ1) is 26.7. The van der Waals surface area contributed by atoms with E-state index in [-0.39, 0.29) is 30.6 Å². The van der Waals surface area contributed by atoms with Crippen molar-refractivity contribution in [3.05, 3.63) is 35.9 Å². The lowest BCUT2D eigenvalue weighted by atomic mass is 9.85. The molecule has 7 heteroatoms. The van der Waals surface area contributed by atoms with Gasteiger partial charge in [-0.2, -0.15) is 0 Å². The molecule has 0 radical (unpaired) electrons. The van der Waals surface area contributed by atoms with Crippen LogP contribution in [-0.4, -0.2) is 48.8 Å². The number of hydrogen-bond donors (Lipinski definition) is 1. The Hall–Kier alpha value is -2.54. The van der Waals surface area contributed by atoms with Crippen LogP contribution in [0.3, 0.4) is 0 Å². The van der Waals surface area contributed by atoms with Gasteiger partial charge in [0.1, 0.15) is 6.10 Å². The molecule has 1 aliphatic heterocycles. The molecule has 1 N–H and O–H groups in total. The van der Waals surface area contributed by atoms with Crippen LogP contribution in [0.1, 0.15) is 64.9 Å². The minimum atomic E-state index is -0.773. The number of carbonyl (C=O) groups excluding carboxylic acids is 4. The summed E-state index contributed by atoms with van der Waals surface area (Å²) >= 11 is 0. The van der Waals surface area contributed by atoms with Gasteiger partial charge in [0.2, 0.25) is 5.78 Å². The Balaban J connectivity index is 2.10. The highest BCUT2D eigenvalue weighted by Crippen LogP contribution is 2.19. The SMILES string of the molecule is CCCC(=O)C(=O)[C@@H](CC(=O)[C@H](CC(C)C)NC(=O)OC1CCOCC1)Cc1ccccc1. The first-order chi connectivity index (χ1) is 15.8. The predicted octanol–water partition coefficient (Wildman–Crippen LogP) is 4.06. The summed E-state index contributed by atoms with van der Waals surface area (Å²) in [5.41, 5.74) is 0.889. The maximum atomic E-state index is 13.2. The van der Waals surface area contributed by atoms with Crippen molar-refractivity contribution in [1.82, 2.24) is 5.32 Å². The molecule has 0 saturated carbocycles. The van der Waals surface area contributed by atoms with Gasteiger partial charge >= 0.3 is 6.09 Å². The first-order valence-electron chi connectivity index (χ1n) is 12.0. The monoisotopic (exact) mass is 459 g/mol. The molecule has 2 atom stereocenters. The molecular weight excluding hydrogens is 422 g/mol. The van der Waals surface area contributed by atoms with Crippen molar-refractivity contribution in [1.29, 1.82) is 0 Å². The zero-order chi connectivity index (χ0) is 24.2. The summed E-state index contributed by atoms with van der Waals surface area (Å²) in [6.07, 6.45) is 1.78. The second-order valence-corrected chi connectivity index (χ2v) is 9.14. The van der Waals surface area contributed by atoms with Gasteiger partial charge < -0.3 is 14.8 Å². The Labute approximate surface area is 196 Å². The average Bonchev–Trinajstić information content (AvgIpc) is 2.78. The molecule has 1 aliphatic rings. The van der Waals surface area contributed by atoms with Gasteiger partial charge in [-0.25, -0.2) is 4.79 Å². The van der Waals surface area contributed by atoms with E-state index in [1.54, 1.807) is 0 Å². The molecule has 0 aromatic heterocycles. The third kappa shape index (κ3) is 9.46. The number of nitrogens with one attached hydrogen (secondary N) is 1. The normalized spacial score (nSPS) is 16.1. The maximum Gasteiger partial charge on any atom is 0.407 e. The van der Waals surface area contributed by atoms with E-state index in [1.807, 2.05) is 51.1 Å². The van der Waals surface area contributed by atoms with Crippen LogP contribution >= 0.6 is 0 Å². The molecule has 1 aromatic rings. The quantitative estimate of drug-likeness (QED) is 0.447. The predicted molar refractivity (Wildman–Crippen MR) is 125 cm³/mol. The third-order valence-electron chi connectivity index (χ3n) is 5.73. The summed E-state index contributed by atoms with van der Waals surface area (Å²) in [5.74, 6) is -1.82. The first-order valence-corrected chi connectivity index (χ1v) is 12.0. The summed E-state index contributed by atoms with van der Waals surface area (Å²) in [7, 11) is 0. The van der Waals surface area contributed by atoms with Crippen LogP contribution in [0, 0.1) is 11.8 Å². The van der Waals surface area contributed by atoms with Crippen molar-refractivity contribution in [2.45, 2.75) is 77.9 Å². The molecule has 0 spiro atoms. The van der Waals surface area contributed by atoms with Gasteiger partial charge in [-0.15, -0.1) is 0 Å². The molecule has 1 aromatic carbocycles. The van der Waals surface area contributed by atoms with Gasteiger partial charge in [0.25, 0.3) is 0 Å². The van der Waals surface area contributed by atoms with Crippen molar-refractivity contribution >= 4 is 23.4 Å². The average molecular weight is 460 g/mol. The molecule has 1 fully saturated rings. The van der Waals surface area contributed by atoms with Gasteiger partial charge in [0.15, 0.2) is 11.6 Å². The summed E-state index contributed by atoms with van der Waals surface area (Å²) in [5, 5.41) is 2.71. The number of Topliss-reactive ketones (excluding diaryl/α,β-unsaturated/α-hetero) is 3. The highest BCUT2D eigenvalue weighted by molar-refractivity contribution is 6.38. The van der Waals surface area contributed by atoms with Crippen LogP contribution < -0.4 is 5.32 Å². The van der Waals surface area contributed by atoms with Gasteiger partial charge in [0.05, 0.1) is 19.3 Å². The Kier molecular flexibility index (Phi) is 11.2. The van der Waals surface area contributed by atoms with Crippen LogP contribution in [0.25, 0.3) is 0 Å². The maximum absolute atomic E-state index is 13.2. The van der Waals surface area contributed by atoms with Crippen molar-refractivity contribution in [2.75, 3.05) is 13.2 Å². The minimum absolute atomic E-state index is 0.0991. The van der Waals surface area contributed by atoms with Crippen molar-refractivity contribution in [3.8, 4) is 0 Å². The van der Waals surface area contributed by atoms with Crippen LogP contribution in [-0.2, 0) is 30.3 Å². The smallest absolute Gasteiger partial charge is 0.407 e. The lowest BCUT2D eigenvalue weighted by Crippen LogP contribution is -2.45. The molecule has 1 amide bonds. The van der Waals surface area contributed by atoms with E-state index in [1.165, 1.54) is 0 Å². The number of ketones is 3. The lowest BCUT2D eigenvalue weighted by Gasteiger charge is -2.25. The van der Waals surface area contributed by atoms with Crippen molar-refractivity contribution < 1.29 is 28.7 Å². The number of rotatable bonds is 13. The second-order valence-electron chi connectivity index (χ2n) is 9.14. The Morgan fingerprint density at radius 1 is 1.09 bits per heavy atom. The fourth-order valence-corrected chi connectivity index (χ4v) is 3.98. The number of ether oxygens (including phenoxy) is 2. The summed E-state index contributed by atoms with van der Waals surface area (Å²) in [6.45, 7) is 6.85. The molecule has 33 heavy (non-hydrogen) atoms. The topological polar surface area (TPSA) is 98.8 Å². The highest BCUT2D eigenvalue weighted by atomic mass is 16.6. The Morgan fingerprint density at radius 3 is 2.36 bits per heavy atom. The van der Waals surface area contributed by atoms with Crippen LogP contribution in [0.4, 0.5) is 4.79 Å². The van der Waals surface area contributed by atoms with Gasteiger partial charge in [-0.1, -0.05) is 51.1 Å². The van der Waals surface area contributed by atoms with Crippen molar-refractivity contribution in [3.63, 3.8) is 0 Å². The molecule has 0 aliphatic carbocycles. The summed E-state index contributed by atoms with van der Waals surface area (Å²) < 4.78 is 10.7. The van der Waals surface area contributed by atoms with E-state index in [0.717, 1.165) is 5.56 Å². The molecule has 182 valence electrons. The Bertz CT molecular complexity index is 785. The largest absolute Gasteiger partial charge is 0.446 e. The summed E-state index contributed by atoms with van der Waals surface area (Å²) in [6, 6.07) is 8.59. The van der Waals surface area contributed by atoms with Gasteiger partial charge in [0, 0.05) is 31.6 Å². The molecule has 0 unspecified atom stereocenters. The zero-order valence-corrected chi connectivity index (χ0v) is 20.0. The fourth-order valence-electron chi connectivity index (χ4n) is 3.98. The third-order valence-corrected chi connectivity index (χ3v) is 5.73. The number of benzene rings is 1. The van der Waals surface area contributed by atoms with Gasteiger partial charge in [-0.3, -0.25) is 14.4 Å². The lowest BCUT2D eigenvalue weighted by molar-refractivity contribution is -0.140. The van der Waals surface area contributed by atoms with Gasteiger partial charge in [-0.05, 0) is 30.7 Å². The van der Waals surface area contributed by atoms with Crippen LogP contribution in [0.5, 0.6) is 0 Å². The van der Waals surface area contributed by atoms with E-state index >= 15 is 0 Å². The van der Waals surface area contributed by atoms with Crippen LogP contribution in [0.15, 0.2) is 30.3 Å². The van der Waals surface area contributed by atoms with E-state index in [4.69, 9.17) is 9.47 Å². The molecule has 1 heterocycles. The van der Waals surface area contributed by atoms with E-state index in [9.17, 15) is 19.2 Å². The number of hydrogen-bond acceptors (Lipinski definition) is 6. The molecular formula is C26H37NO6. The Morgan fingerprint density at radius 2 is 1.76 bits per heavy atom. The van der Waals surface area contributed by atoms with E-state index in [2.05, 4.69) is 5.32 Å². The van der Waals surface area contributed by atoms with E-state index < -0.39 is 29.6 Å². The molecule has 7 nitrogen and oxygen atoms in total. The van der Waals surface area contributed by atoms with Crippen LogP contribution in [0.2, 0.25) is 0 Å². The van der Waals surface area contributed by atoms with Crippen molar-refractivity contribution in [2.24, 2.45) is 11.8 Å².